The molecule has 0 saturated heterocycles. The molecule has 0 amide bonds. The van der Waals surface area contributed by atoms with E-state index < -0.39 is 22.8 Å². The average molecular weight is 220 g/mol. The average Bonchev–Trinajstić information content (AvgIpc) is 1.19. The van der Waals surface area contributed by atoms with E-state index in [-0.39, 0.29) is 31.0 Å². The van der Waals surface area contributed by atoms with Gasteiger partial charge in [0.2, 0.25) is 0 Å². The number of rotatable bonds is 0. The van der Waals surface area contributed by atoms with Crippen molar-refractivity contribution in [3.8, 4) is 0 Å². The van der Waals surface area contributed by atoms with Crippen LogP contribution in [0, 0.1) is 0 Å². The summed E-state index contributed by atoms with van der Waals surface area (Å²) < 4.78 is 40.6. The van der Waals surface area contributed by atoms with Gasteiger partial charge in [-0.1, -0.05) is 0 Å². The summed E-state index contributed by atoms with van der Waals surface area (Å²) in [5.41, 5.74) is 0. The van der Waals surface area contributed by atoms with Crippen molar-refractivity contribution in [2.45, 2.75) is 0 Å². The maximum atomic E-state index is 8.82. The van der Waals surface area contributed by atoms with E-state index in [2.05, 4.69) is 0 Å². The summed E-state index contributed by atoms with van der Waals surface area (Å²) in [5.74, 6) is 0. The summed E-state index contributed by atoms with van der Waals surface area (Å²) in [6.45, 7) is 0. The van der Waals surface area contributed by atoms with Crippen molar-refractivity contribution in [3.05, 3.63) is 0 Å². The Morgan fingerprint density at radius 3 is 1.20 bits per heavy atom. The molecule has 0 atom stereocenters. The van der Waals surface area contributed by atoms with Gasteiger partial charge in [-0.05, 0) is 0 Å². The molecular weight excluding hydrogens is 215 g/mol. The molecule has 0 saturated carbocycles. The van der Waals surface area contributed by atoms with E-state index in [0.717, 1.165) is 0 Å². The second-order valence-electron chi connectivity index (χ2n) is 0.730. The van der Waals surface area contributed by atoms with Crippen LogP contribution in [0.15, 0.2) is 0 Å². The van der Waals surface area contributed by atoms with Crippen LogP contribution in [0.1, 0.15) is 1.43 Å². The van der Waals surface area contributed by atoms with Crippen molar-refractivity contribution in [2.24, 2.45) is 0 Å². The molecule has 0 aromatic carbocycles. The fraction of sp³-hybridized carbons (Fsp3) is 0. The van der Waals surface area contributed by atoms with Crippen molar-refractivity contribution in [2.75, 3.05) is 0 Å². The van der Waals surface area contributed by atoms with Crippen LogP contribution in [-0.4, -0.2) is 27.1 Å². The van der Waals surface area contributed by atoms with Crippen LogP contribution >= 0.6 is 0 Å². The standard InChI is InChI=1S/Cr.Na.H2O3Si.2H2O.2O.H/c;;1-4(2)3;;;;;/h;;1-2H;2*1H2;;;/q+2;+1;;;;;;-1/p-2. The topological polar surface area (TPSA) is 132 Å². The summed E-state index contributed by atoms with van der Waals surface area (Å²) in [7, 11) is -3.13. The second-order valence-corrected chi connectivity index (χ2v) is 2.69. The first-order chi connectivity index (χ1) is 3.73. The van der Waals surface area contributed by atoms with Gasteiger partial charge in [-0.3, -0.25) is 4.46 Å². The Hall–Kier alpha value is 0.669. The first-order valence-corrected chi connectivity index (χ1v) is 4.83. The SMILES string of the molecule is O=[Si](O)O.[H-].[Na+].[O]=[Cr](=[O])([OH])[OH]. The van der Waals surface area contributed by atoms with Gasteiger partial charge in [0.25, 0.3) is 0 Å². The summed E-state index contributed by atoms with van der Waals surface area (Å²) in [6.07, 6.45) is 0. The normalized spacial score (nSPS) is 8.20. The van der Waals surface area contributed by atoms with Crippen molar-refractivity contribution >= 4 is 9.17 Å². The quantitative estimate of drug-likeness (QED) is 0.299. The van der Waals surface area contributed by atoms with Gasteiger partial charge < -0.3 is 11.0 Å². The van der Waals surface area contributed by atoms with Crippen molar-refractivity contribution < 1.29 is 74.6 Å². The van der Waals surface area contributed by atoms with Gasteiger partial charge in [0, 0.05) is 0 Å². The number of hydrogen-bond donors (Lipinski definition) is 4. The van der Waals surface area contributed by atoms with E-state index in [4.69, 9.17) is 30.0 Å². The van der Waals surface area contributed by atoms with E-state index in [0.29, 0.717) is 0 Å². The molecular formula is H5CrNaO7Si. The van der Waals surface area contributed by atoms with E-state index in [1.807, 2.05) is 0 Å². The van der Waals surface area contributed by atoms with E-state index >= 15 is 0 Å². The Bertz CT molecular complexity index is 161. The van der Waals surface area contributed by atoms with Gasteiger partial charge in [-0.2, -0.15) is 0 Å². The van der Waals surface area contributed by atoms with Crippen LogP contribution in [0.3, 0.4) is 0 Å². The fourth-order valence-electron chi connectivity index (χ4n) is 0. The zero-order chi connectivity index (χ0) is 8.08. The Balaban J connectivity index is -0.0000000383. The van der Waals surface area contributed by atoms with Crippen LogP contribution < -0.4 is 29.6 Å². The molecule has 0 aliphatic carbocycles. The zero-order valence-electron chi connectivity index (χ0n) is 5.92. The molecule has 0 aliphatic rings. The predicted octanol–water partition coefficient (Wildman–Crippen LogP) is -5.85. The molecule has 0 aliphatic heterocycles. The Kier molecular flexibility index (Phi) is 13.2. The van der Waals surface area contributed by atoms with Gasteiger partial charge in [0.05, 0.1) is 0 Å². The second kappa shape index (κ2) is 7.77. The molecule has 0 spiro atoms. The van der Waals surface area contributed by atoms with Crippen molar-refractivity contribution in [3.63, 3.8) is 0 Å². The fourth-order valence-corrected chi connectivity index (χ4v) is 0. The maximum absolute atomic E-state index is 8.82. The zero-order valence-corrected chi connectivity index (χ0v) is 9.20. The van der Waals surface area contributed by atoms with E-state index in [1.165, 1.54) is 0 Å². The first kappa shape index (κ1) is 17.0. The molecule has 10 heavy (non-hydrogen) atoms. The predicted molar refractivity (Wildman–Crippen MR) is 17.8 cm³/mol. The van der Waals surface area contributed by atoms with Crippen molar-refractivity contribution in [1.82, 2.24) is 0 Å². The van der Waals surface area contributed by atoms with E-state index in [9.17, 15) is 0 Å². The molecule has 0 unspecified atom stereocenters. The summed E-state index contributed by atoms with van der Waals surface area (Å²) in [5, 5.41) is 0. The monoisotopic (exact) mass is 220 g/mol. The van der Waals surface area contributed by atoms with Crippen LogP contribution in [0.5, 0.6) is 0 Å². The van der Waals surface area contributed by atoms with Gasteiger partial charge in [-0.15, -0.1) is 0 Å². The summed E-state index contributed by atoms with van der Waals surface area (Å²) in [6, 6.07) is 0. The molecule has 0 rings (SSSR count). The van der Waals surface area contributed by atoms with Gasteiger partial charge in [0.15, 0.2) is 0 Å². The molecule has 0 aromatic heterocycles. The Morgan fingerprint density at radius 2 is 1.20 bits per heavy atom. The Labute approximate surface area is 83.4 Å². The molecule has 0 aromatic rings. The molecule has 7 nitrogen and oxygen atoms in total. The van der Waals surface area contributed by atoms with Crippen molar-refractivity contribution in [1.29, 1.82) is 0 Å². The van der Waals surface area contributed by atoms with Crippen LogP contribution in [0.4, 0.5) is 0 Å². The minimum atomic E-state index is -5.25. The molecule has 0 fully saturated rings. The van der Waals surface area contributed by atoms with Gasteiger partial charge in [0.1, 0.15) is 0 Å². The Morgan fingerprint density at radius 1 is 1.20 bits per heavy atom. The molecule has 0 heterocycles. The number of hydrogen-bond acceptors (Lipinski definition) is 3. The van der Waals surface area contributed by atoms with Gasteiger partial charge >= 0.3 is 68.3 Å². The van der Waals surface area contributed by atoms with Crippen LogP contribution in [0.2, 0.25) is 0 Å². The molecule has 10 heteroatoms. The third-order valence-corrected chi connectivity index (χ3v) is 0. The molecule has 0 radical (unpaired) electrons. The molecule has 58 valence electrons. The third kappa shape index (κ3) is 1140. The van der Waals surface area contributed by atoms with Gasteiger partial charge in [-0.25, -0.2) is 0 Å². The van der Waals surface area contributed by atoms with E-state index in [1.54, 1.807) is 0 Å². The summed E-state index contributed by atoms with van der Waals surface area (Å²) in [4.78, 5) is 14.3. The first-order valence-electron chi connectivity index (χ1n) is 1.35. The molecule has 0 bridgehead atoms. The van der Waals surface area contributed by atoms with Crippen LogP contribution in [-0.2, 0) is 25.7 Å². The van der Waals surface area contributed by atoms with Crippen LogP contribution in [0.25, 0.3) is 0 Å². The third-order valence-electron chi connectivity index (χ3n) is 0. The summed E-state index contributed by atoms with van der Waals surface area (Å²) >= 11 is -5.25. The minimum absolute atomic E-state index is 0. The molecule has 4 N–H and O–H groups in total.